The number of pyridine rings is 1. The van der Waals surface area contributed by atoms with E-state index in [1.165, 1.54) is 0 Å². The summed E-state index contributed by atoms with van der Waals surface area (Å²) in [6, 6.07) is 11.2. The molecule has 0 spiro atoms. The Labute approximate surface area is 150 Å². The molecule has 3 aromatic rings. The largest absolute Gasteiger partial charge is 0.353 e. The molecule has 0 bridgehead atoms. The number of imidazole rings is 1. The van der Waals surface area contributed by atoms with Crippen molar-refractivity contribution in [1.29, 1.82) is 0 Å². The van der Waals surface area contributed by atoms with Crippen molar-refractivity contribution in [3.05, 3.63) is 58.8 Å². The van der Waals surface area contributed by atoms with Crippen molar-refractivity contribution >= 4 is 11.0 Å². The van der Waals surface area contributed by atoms with Crippen molar-refractivity contribution in [3.8, 4) is 17.5 Å². The van der Waals surface area contributed by atoms with Crippen LogP contribution in [-0.4, -0.2) is 34.0 Å². The Morgan fingerprint density at radius 2 is 2.19 bits per heavy atom. The van der Waals surface area contributed by atoms with E-state index >= 15 is 0 Å². The van der Waals surface area contributed by atoms with Gasteiger partial charge in [-0.2, -0.15) is 0 Å². The molecule has 6 heteroatoms. The zero-order valence-corrected chi connectivity index (χ0v) is 14.3. The van der Waals surface area contributed by atoms with Gasteiger partial charge in [0.15, 0.2) is 6.29 Å². The SMILES string of the molecule is O=c1[nH]c2ccccc2n1-c1ccc(C#CCOC2CCCCO2)nc1. The smallest absolute Gasteiger partial charge is 0.331 e. The minimum Gasteiger partial charge on any atom is -0.353 e. The second-order valence-electron chi connectivity index (χ2n) is 6.09. The summed E-state index contributed by atoms with van der Waals surface area (Å²) >= 11 is 0. The lowest BCUT2D eigenvalue weighted by Crippen LogP contribution is -2.22. The molecule has 0 amide bonds. The van der Waals surface area contributed by atoms with Gasteiger partial charge in [0.1, 0.15) is 12.3 Å². The fourth-order valence-electron chi connectivity index (χ4n) is 3.01. The second-order valence-corrected chi connectivity index (χ2v) is 6.09. The summed E-state index contributed by atoms with van der Waals surface area (Å²) in [6.45, 7) is 1.07. The van der Waals surface area contributed by atoms with Crippen LogP contribution in [0, 0.1) is 11.8 Å². The van der Waals surface area contributed by atoms with Crippen LogP contribution >= 0.6 is 0 Å². The average Bonchev–Trinajstić information content (AvgIpc) is 3.02. The number of hydrogen-bond acceptors (Lipinski definition) is 4. The lowest BCUT2D eigenvalue weighted by molar-refractivity contribution is -0.154. The Morgan fingerprint density at radius 1 is 1.27 bits per heavy atom. The Kier molecular flexibility index (Phi) is 4.82. The van der Waals surface area contributed by atoms with E-state index in [0.29, 0.717) is 18.0 Å². The first-order chi connectivity index (χ1) is 12.8. The average molecular weight is 349 g/mol. The number of aromatic amines is 1. The van der Waals surface area contributed by atoms with Crippen molar-refractivity contribution in [3.63, 3.8) is 0 Å². The van der Waals surface area contributed by atoms with Crippen LogP contribution in [0.3, 0.4) is 0 Å². The zero-order chi connectivity index (χ0) is 17.8. The third-order valence-electron chi connectivity index (χ3n) is 4.29. The molecule has 4 rings (SSSR count). The van der Waals surface area contributed by atoms with E-state index in [1.54, 1.807) is 16.8 Å². The molecule has 132 valence electrons. The van der Waals surface area contributed by atoms with Crippen molar-refractivity contribution in [1.82, 2.24) is 14.5 Å². The second kappa shape index (κ2) is 7.56. The van der Waals surface area contributed by atoms with Gasteiger partial charge >= 0.3 is 5.69 Å². The normalized spacial score (nSPS) is 17.0. The van der Waals surface area contributed by atoms with Gasteiger partial charge in [-0.3, -0.25) is 4.57 Å². The number of ether oxygens (including phenoxy) is 2. The standard InChI is InChI=1S/C20H19N3O3/c24-20-22-17-7-1-2-8-18(17)23(20)16-11-10-15(21-14-16)6-5-13-26-19-9-3-4-12-25-19/h1-2,7-8,10-11,14,19H,3-4,9,12-13H2,(H,22,24). The Morgan fingerprint density at radius 3 is 3.00 bits per heavy atom. The fraction of sp³-hybridized carbons (Fsp3) is 0.300. The summed E-state index contributed by atoms with van der Waals surface area (Å²) in [5, 5.41) is 0. The van der Waals surface area contributed by atoms with Crippen LogP contribution in [0.4, 0.5) is 0 Å². The van der Waals surface area contributed by atoms with E-state index in [9.17, 15) is 4.79 Å². The molecule has 2 aromatic heterocycles. The predicted octanol–water partition coefficient (Wildman–Crippen LogP) is 2.61. The van der Waals surface area contributed by atoms with Gasteiger partial charge in [0.2, 0.25) is 0 Å². The monoisotopic (exact) mass is 349 g/mol. The van der Waals surface area contributed by atoms with Gasteiger partial charge < -0.3 is 14.5 Å². The predicted molar refractivity (Wildman–Crippen MR) is 98.1 cm³/mol. The van der Waals surface area contributed by atoms with Crippen molar-refractivity contribution < 1.29 is 9.47 Å². The molecule has 0 saturated carbocycles. The summed E-state index contributed by atoms with van der Waals surface area (Å²) in [5.41, 5.74) is 2.76. The van der Waals surface area contributed by atoms with E-state index in [1.807, 2.05) is 30.3 Å². The molecule has 3 heterocycles. The third-order valence-corrected chi connectivity index (χ3v) is 4.29. The van der Waals surface area contributed by atoms with E-state index in [4.69, 9.17) is 9.47 Å². The van der Waals surface area contributed by atoms with Gasteiger partial charge in [0.05, 0.1) is 22.9 Å². The molecular formula is C20H19N3O3. The van der Waals surface area contributed by atoms with Crippen LogP contribution in [0.2, 0.25) is 0 Å². The summed E-state index contributed by atoms with van der Waals surface area (Å²) in [4.78, 5) is 19.4. The summed E-state index contributed by atoms with van der Waals surface area (Å²) in [5.74, 6) is 5.93. The van der Waals surface area contributed by atoms with E-state index in [-0.39, 0.29) is 12.0 Å². The minimum absolute atomic E-state index is 0.137. The van der Waals surface area contributed by atoms with Gasteiger partial charge in [0.25, 0.3) is 0 Å². The van der Waals surface area contributed by atoms with Crippen LogP contribution in [0.1, 0.15) is 25.0 Å². The molecule has 1 aliphatic rings. The van der Waals surface area contributed by atoms with Gasteiger partial charge in [-0.05, 0) is 49.4 Å². The topological polar surface area (TPSA) is 69.1 Å². The van der Waals surface area contributed by atoms with Crippen LogP contribution in [0.25, 0.3) is 16.7 Å². The number of fused-ring (bicyclic) bond motifs is 1. The van der Waals surface area contributed by atoms with Gasteiger partial charge in [-0.15, -0.1) is 0 Å². The van der Waals surface area contributed by atoms with E-state index < -0.39 is 0 Å². The van der Waals surface area contributed by atoms with Crippen molar-refractivity contribution in [2.45, 2.75) is 25.6 Å². The van der Waals surface area contributed by atoms with E-state index in [0.717, 1.165) is 36.9 Å². The molecule has 0 radical (unpaired) electrons. The fourth-order valence-corrected chi connectivity index (χ4v) is 3.01. The molecule has 1 saturated heterocycles. The maximum absolute atomic E-state index is 12.2. The lowest BCUT2D eigenvalue weighted by Gasteiger charge is -2.21. The molecule has 26 heavy (non-hydrogen) atoms. The molecular weight excluding hydrogens is 330 g/mol. The molecule has 0 aliphatic carbocycles. The minimum atomic E-state index is -0.187. The van der Waals surface area contributed by atoms with Crippen LogP contribution in [0.15, 0.2) is 47.4 Å². The third kappa shape index (κ3) is 3.54. The molecule has 1 fully saturated rings. The Balaban J connectivity index is 1.46. The Bertz CT molecular complexity index is 1000. The van der Waals surface area contributed by atoms with Crippen LogP contribution < -0.4 is 5.69 Å². The first-order valence-corrected chi connectivity index (χ1v) is 8.69. The quantitative estimate of drug-likeness (QED) is 0.738. The molecule has 1 unspecified atom stereocenters. The highest BCUT2D eigenvalue weighted by Crippen LogP contribution is 2.15. The summed E-state index contributed by atoms with van der Waals surface area (Å²) < 4.78 is 12.7. The number of nitrogens with zero attached hydrogens (tertiary/aromatic N) is 2. The van der Waals surface area contributed by atoms with Crippen LogP contribution in [0.5, 0.6) is 0 Å². The molecule has 1 aliphatic heterocycles. The molecule has 1 atom stereocenters. The molecule has 1 aromatic carbocycles. The number of hydrogen-bond donors (Lipinski definition) is 1. The van der Waals surface area contributed by atoms with Gasteiger partial charge in [-0.25, -0.2) is 9.78 Å². The number of rotatable bonds is 3. The number of para-hydroxylation sites is 2. The zero-order valence-electron chi connectivity index (χ0n) is 14.3. The summed E-state index contributed by atoms with van der Waals surface area (Å²) in [6.07, 6.45) is 4.67. The molecule has 1 N–H and O–H groups in total. The lowest BCUT2D eigenvalue weighted by atomic mass is 10.2. The van der Waals surface area contributed by atoms with Crippen LogP contribution in [-0.2, 0) is 9.47 Å². The van der Waals surface area contributed by atoms with Gasteiger partial charge in [-0.1, -0.05) is 18.1 Å². The van der Waals surface area contributed by atoms with Gasteiger partial charge in [0, 0.05) is 6.61 Å². The van der Waals surface area contributed by atoms with Crippen molar-refractivity contribution in [2.24, 2.45) is 0 Å². The summed E-state index contributed by atoms with van der Waals surface area (Å²) in [7, 11) is 0. The van der Waals surface area contributed by atoms with E-state index in [2.05, 4.69) is 21.8 Å². The number of nitrogens with one attached hydrogen (secondary N) is 1. The first kappa shape index (κ1) is 16.6. The number of H-pyrrole nitrogens is 1. The maximum Gasteiger partial charge on any atom is 0.331 e. The van der Waals surface area contributed by atoms with Crippen molar-refractivity contribution in [2.75, 3.05) is 13.2 Å². The highest BCUT2D eigenvalue weighted by atomic mass is 16.7. The highest BCUT2D eigenvalue weighted by Gasteiger charge is 2.12. The highest BCUT2D eigenvalue weighted by molar-refractivity contribution is 5.77. The number of aromatic nitrogens is 3. The molecule has 6 nitrogen and oxygen atoms in total. The Hall–Kier alpha value is -2.88. The maximum atomic E-state index is 12.2. The number of benzene rings is 1. The first-order valence-electron chi connectivity index (χ1n) is 8.69.